The zero-order valence-electron chi connectivity index (χ0n) is 12.6. The lowest BCUT2D eigenvalue weighted by molar-refractivity contribution is -0.101. The van der Waals surface area contributed by atoms with Crippen molar-refractivity contribution in [1.29, 1.82) is 0 Å². The second kappa shape index (κ2) is 5.14. The van der Waals surface area contributed by atoms with E-state index in [0.717, 1.165) is 19.8 Å². The molecule has 2 N–H and O–H groups in total. The molecule has 0 amide bonds. The summed E-state index contributed by atoms with van der Waals surface area (Å²) in [6, 6.07) is 8.84. The molecule has 0 bridgehead atoms. The zero-order chi connectivity index (χ0) is 14.1. The molecule has 19 heavy (non-hydrogen) atoms. The van der Waals surface area contributed by atoms with Gasteiger partial charge in [0, 0.05) is 31.2 Å². The Bertz CT molecular complexity index is 410. The molecule has 106 valence electrons. The van der Waals surface area contributed by atoms with Crippen molar-refractivity contribution in [3.8, 4) is 0 Å². The maximum Gasteiger partial charge on any atom is 0.0574 e. The third-order valence-electron chi connectivity index (χ3n) is 4.00. The first kappa shape index (κ1) is 14.4. The van der Waals surface area contributed by atoms with Crippen molar-refractivity contribution in [1.82, 2.24) is 0 Å². The van der Waals surface area contributed by atoms with Gasteiger partial charge < -0.3 is 15.4 Å². The van der Waals surface area contributed by atoms with Crippen LogP contribution in [0.4, 0.5) is 5.69 Å². The Morgan fingerprint density at radius 2 is 1.79 bits per heavy atom. The van der Waals surface area contributed by atoms with Crippen molar-refractivity contribution in [3.05, 3.63) is 29.8 Å². The van der Waals surface area contributed by atoms with Crippen molar-refractivity contribution in [3.63, 3.8) is 0 Å². The van der Waals surface area contributed by atoms with Gasteiger partial charge in [-0.25, -0.2) is 0 Å². The molecule has 1 aliphatic heterocycles. The summed E-state index contributed by atoms with van der Waals surface area (Å²) in [7, 11) is 2.13. The number of ether oxygens (including phenoxy) is 1. The Kier molecular flexibility index (Phi) is 3.88. The van der Waals surface area contributed by atoms with Crippen LogP contribution in [-0.4, -0.2) is 33.4 Å². The number of nitrogens with zero attached hydrogens (tertiary/aromatic N) is 1. The van der Waals surface area contributed by atoms with Gasteiger partial charge in [-0.05, 0) is 23.1 Å². The highest BCUT2D eigenvalue weighted by Crippen LogP contribution is 2.30. The first-order valence-electron chi connectivity index (χ1n) is 6.96. The molecule has 3 nitrogen and oxygen atoms in total. The van der Waals surface area contributed by atoms with Crippen LogP contribution in [0.25, 0.3) is 0 Å². The molecular formula is C16H26N2O. The van der Waals surface area contributed by atoms with Gasteiger partial charge in [0.25, 0.3) is 0 Å². The molecule has 0 spiro atoms. The normalized spacial score (nSPS) is 17.9. The van der Waals surface area contributed by atoms with Crippen molar-refractivity contribution < 1.29 is 4.74 Å². The molecule has 1 saturated heterocycles. The summed E-state index contributed by atoms with van der Waals surface area (Å²) < 4.78 is 5.32. The molecule has 1 fully saturated rings. The fourth-order valence-electron chi connectivity index (χ4n) is 2.47. The molecule has 1 heterocycles. The Hall–Kier alpha value is -1.06. The SMILES string of the molecule is CN(CC1(CN)COC1)c1ccc(C(C)(C)C)cc1. The number of nitrogens with two attached hydrogens (primary N) is 1. The molecule has 1 aromatic carbocycles. The topological polar surface area (TPSA) is 38.5 Å². The largest absolute Gasteiger partial charge is 0.380 e. The highest BCUT2D eigenvalue weighted by Gasteiger charge is 2.38. The number of rotatable bonds is 4. The van der Waals surface area contributed by atoms with Crippen LogP contribution in [0.1, 0.15) is 26.3 Å². The van der Waals surface area contributed by atoms with Gasteiger partial charge in [0.05, 0.1) is 13.2 Å². The average Bonchev–Trinajstić information content (AvgIpc) is 2.32. The highest BCUT2D eigenvalue weighted by atomic mass is 16.5. The summed E-state index contributed by atoms with van der Waals surface area (Å²) in [6.45, 7) is 9.93. The summed E-state index contributed by atoms with van der Waals surface area (Å²) in [6.07, 6.45) is 0. The van der Waals surface area contributed by atoms with Gasteiger partial charge in [-0.2, -0.15) is 0 Å². The van der Waals surface area contributed by atoms with Gasteiger partial charge in [0.1, 0.15) is 0 Å². The van der Waals surface area contributed by atoms with Crippen LogP contribution in [0.5, 0.6) is 0 Å². The maximum absolute atomic E-state index is 5.87. The van der Waals surface area contributed by atoms with E-state index in [-0.39, 0.29) is 10.8 Å². The van der Waals surface area contributed by atoms with Crippen molar-refractivity contribution in [2.75, 3.05) is 38.3 Å². The van der Waals surface area contributed by atoms with E-state index in [9.17, 15) is 0 Å². The highest BCUT2D eigenvalue weighted by molar-refractivity contribution is 5.48. The van der Waals surface area contributed by atoms with E-state index < -0.39 is 0 Å². The van der Waals surface area contributed by atoms with Gasteiger partial charge in [0.15, 0.2) is 0 Å². The van der Waals surface area contributed by atoms with E-state index >= 15 is 0 Å². The zero-order valence-corrected chi connectivity index (χ0v) is 12.6. The second-order valence-corrected chi connectivity index (χ2v) is 6.85. The minimum Gasteiger partial charge on any atom is -0.380 e. The van der Waals surface area contributed by atoms with Gasteiger partial charge in [-0.1, -0.05) is 32.9 Å². The summed E-state index contributed by atoms with van der Waals surface area (Å²) in [5, 5.41) is 0. The molecular weight excluding hydrogens is 236 g/mol. The molecule has 0 saturated carbocycles. The van der Waals surface area contributed by atoms with Crippen LogP contribution < -0.4 is 10.6 Å². The third-order valence-corrected chi connectivity index (χ3v) is 4.00. The van der Waals surface area contributed by atoms with E-state index in [1.165, 1.54) is 11.3 Å². The van der Waals surface area contributed by atoms with Crippen molar-refractivity contribution in [2.24, 2.45) is 11.1 Å². The Labute approximate surface area is 116 Å². The second-order valence-electron chi connectivity index (χ2n) is 6.85. The van der Waals surface area contributed by atoms with Gasteiger partial charge in [0.2, 0.25) is 0 Å². The van der Waals surface area contributed by atoms with Crippen LogP contribution >= 0.6 is 0 Å². The molecule has 0 unspecified atom stereocenters. The number of hydrogen-bond donors (Lipinski definition) is 1. The maximum atomic E-state index is 5.87. The fraction of sp³-hybridized carbons (Fsp3) is 0.625. The first-order valence-corrected chi connectivity index (χ1v) is 6.96. The lowest BCUT2D eigenvalue weighted by atomic mass is 9.85. The van der Waals surface area contributed by atoms with Crippen LogP contribution in [0.2, 0.25) is 0 Å². The Morgan fingerprint density at radius 3 is 2.16 bits per heavy atom. The van der Waals surface area contributed by atoms with Crippen molar-refractivity contribution >= 4 is 5.69 Å². The van der Waals surface area contributed by atoms with Crippen LogP contribution in [0.3, 0.4) is 0 Å². The van der Waals surface area contributed by atoms with E-state index in [1.54, 1.807) is 0 Å². The number of benzene rings is 1. The lowest BCUT2D eigenvalue weighted by Crippen LogP contribution is -2.54. The molecule has 0 atom stereocenters. The van der Waals surface area contributed by atoms with Gasteiger partial charge in [-0.3, -0.25) is 0 Å². The van der Waals surface area contributed by atoms with E-state index in [4.69, 9.17) is 10.5 Å². The molecule has 0 radical (unpaired) electrons. The van der Waals surface area contributed by atoms with Crippen LogP contribution in [0, 0.1) is 5.41 Å². The smallest absolute Gasteiger partial charge is 0.0574 e. The van der Waals surface area contributed by atoms with Crippen molar-refractivity contribution in [2.45, 2.75) is 26.2 Å². The number of anilines is 1. The number of hydrogen-bond acceptors (Lipinski definition) is 3. The van der Waals surface area contributed by atoms with E-state index in [2.05, 4.69) is 57.0 Å². The molecule has 1 aromatic rings. The summed E-state index contributed by atoms with van der Waals surface area (Å²) >= 11 is 0. The quantitative estimate of drug-likeness (QED) is 0.905. The minimum absolute atomic E-state index is 0.150. The molecule has 0 aliphatic carbocycles. The summed E-state index contributed by atoms with van der Waals surface area (Å²) in [5.74, 6) is 0. The lowest BCUT2D eigenvalue weighted by Gasteiger charge is -2.43. The predicted molar refractivity (Wildman–Crippen MR) is 80.7 cm³/mol. The molecule has 2 rings (SSSR count). The standard InChI is InChI=1S/C16H26N2O/c1-15(2,3)13-5-7-14(8-6-13)18(4)10-16(9-17)11-19-12-16/h5-8H,9-12,17H2,1-4H3. The fourth-order valence-corrected chi connectivity index (χ4v) is 2.47. The average molecular weight is 262 g/mol. The predicted octanol–water partition coefficient (Wildman–Crippen LogP) is 2.40. The first-order chi connectivity index (χ1) is 8.86. The Morgan fingerprint density at radius 1 is 1.21 bits per heavy atom. The van der Waals surface area contributed by atoms with E-state index in [1.807, 2.05) is 0 Å². The molecule has 3 heteroatoms. The van der Waals surface area contributed by atoms with Crippen LogP contribution in [0.15, 0.2) is 24.3 Å². The molecule has 1 aliphatic rings. The monoisotopic (exact) mass is 262 g/mol. The summed E-state index contributed by atoms with van der Waals surface area (Å²) in [4.78, 5) is 2.28. The van der Waals surface area contributed by atoms with Gasteiger partial charge >= 0.3 is 0 Å². The minimum atomic E-state index is 0.150. The summed E-state index contributed by atoms with van der Waals surface area (Å²) in [5.41, 5.74) is 8.83. The Balaban J connectivity index is 2.05. The van der Waals surface area contributed by atoms with Gasteiger partial charge in [-0.15, -0.1) is 0 Å². The van der Waals surface area contributed by atoms with E-state index in [0.29, 0.717) is 6.54 Å². The third kappa shape index (κ3) is 3.10. The molecule has 0 aromatic heterocycles. The van der Waals surface area contributed by atoms with Crippen LogP contribution in [-0.2, 0) is 10.2 Å².